The molecule has 0 spiro atoms. The van der Waals surface area contributed by atoms with Crippen LogP contribution in [0.15, 0.2) is 87.0 Å². The summed E-state index contributed by atoms with van der Waals surface area (Å²) in [6.07, 6.45) is 3.40. The maximum atomic E-state index is 12.4. The fourth-order valence-corrected chi connectivity index (χ4v) is 3.68. The van der Waals surface area contributed by atoms with Gasteiger partial charge < -0.3 is 0 Å². The van der Waals surface area contributed by atoms with Crippen LogP contribution in [0.25, 0.3) is 10.8 Å². The minimum absolute atomic E-state index is 0.290. The molecule has 1 heterocycles. The third-order valence-electron chi connectivity index (χ3n) is 4.34. The van der Waals surface area contributed by atoms with Crippen LogP contribution >= 0.6 is 31.9 Å². The molecule has 0 aliphatic rings. The van der Waals surface area contributed by atoms with E-state index in [-0.39, 0.29) is 11.6 Å². The number of fused-ring (bicyclic) bond motifs is 1. The van der Waals surface area contributed by atoms with Crippen LogP contribution < -0.4 is 5.43 Å². The summed E-state index contributed by atoms with van der Waals surface area (Å²) in [4.78, 5) is 12.4. The predicted octanol–water partition coefficient (Wildman–Crippen LogP) is 5.37. The molecule has 0 bridgehead atoms. The first-order valence-electron chi connectivity index (χ1n) is 8.88. The van der Waals surface area contributed by atoms with Crippen molar-refractivity contribution in [1.82, 2.24) is 15.2 Å². The second kappa shape index (κ2) is 8.71. The molecule has 1 amide bonds. The molecule has 1 N–H and O–H groups in total. The summed E-state index contributed by atoms with van der Waals surface area (Å²) in [5.41, 5.74) is 4.82. The Morgan fingerprint density at radius 3 is 2.59 bits per heavy atom. The Balaban J connectivity index is 1.43. The van der Waals surface area contributed by atoms with Gasteiger partial charge in [-0.05, 0) is 56.0 Å². The van der Waals surface area contributed by atoms with Crippen molar-refractivity contribution in [2.45, 2.75) is 6.54 Å². The lowest BCUT2D eigenvalue weighted by Gasteiger charge is -2.02. The SMILES string of the molecule is O=C(N/N=C\c1ccc2ccccc2c1)c1nn(Cc2ccc(Br)cc2)cc1Br. The number of halogens is 2. The van der Waals surface area contributed by atoms with Gasteiger partial charge in [-0.2, -0.15) is 10.2 Å². The van der Waals surface area contributed by atoms with Crippen molar-refractivity contribution < 1.29 is 4.79 Å². The van der Waals surface area contributed by atoms with Crippen LogP contribution in [0.1, 0.15) is 21.6 Å². The van der Waals surface area contributed by atoms with E-state index in [0.717, 1.165) is 26.4 Å². The minimum Gasteiger partial charge on any atom is -0.266 e. The van der Waals surface area contributed by atoms with E-state index in [9.17, 15) is 4.79 Å². The lowest BCUT2D eigenvalue weighted by atomic mass is 10.1. The average Bonchev–Trinajstić information content (AvgIpc) is 3.09. The van der Waals surface area contributed by atoms with Crippen molar-refractivity contribution in [2.75, 3.05) is 0 Å². The van der Waals surface area contributed by atoms with E-state index in [1.165, 1.54) is 0 Å². The monoisotopic (exact) mass is 510 g/mol. The van der Waals surface area contributed by atoms with Gasteiger partial charge in [-0.1, -0.05) is 64.5 Å². The fourth-order valence-electron chi connectivity index (χ4n) is 2.92. The highest BCUT2D eigenvalue weighted by Gasteiger charge is 2.14. The number of hydrazone groups is 1. The number of carbonyl (C=O) groups is 1. The van der Waals surface area contributed by atoms with Gasteiger partial charge in [-0.15, -0.1) is 0 Å². The zero-order valence-corrected chi connectivity index (χ0v) is 18.4. The van der Waals surface area contributed by atoms with E-state index in [2.05, 4.69) is 53.6 Å². The summed E-state index contributed by atoms with van der Waals surface area (Å²) in [6.45, 7) is 0.569. The Morgan fingerprint density at radius 1 is 1.03 bits per heavy atom. The van der Waals surface area contributed by atoms with Gasteiger partial charge in [0.2, 0.25) is 0 Å². The predicted molar refractivity (Wildman–Crippen MR) is 122 cm³/mol. The number of rotatable bonds is 5. The highest BCUT2D eigenvalue weighted by Crippen LogP contribution is 2.17. The summed E-state index contributed by atoms with van der Waals surface area (Å²) < 4.78 is 3.36. The second-order valence-electron chi connectivity index (χ2n) is 6.46. The molecule has 0 saturated heterocycles. The van der Waals surface area contributed by atoms with Gasteiger partial charge in [0.05, 0.1) is 17.2 Å². The quantitative estimate of drug-likeness (QED) is 0.289. The number of carbonyl (C=O) groups excluding carboxylic acids is 1. The van der Waals surface area contributed by atoms with Gasteiger partial charge in [-0.25, -0.2) is 5.43 Å². The molecule has 29 heavy (non-hydrogen) atoms. The van der Waals surface area contributed by atoms with Gasteiger partial charge in [0.1, 0.15) is 0 Å². The van der Waals surface area contributed by atoms with Crippen molar-refractivity contribution >= 4 is 54.8 Å². The third-order valence-corrected chi connectivity index (χ3v) is 5.45. The van der Waals surface area contributed by atoms with Crippen LogP contribution in [-0.2, 0) is 6.54 Å². The lowest BCUT2D eigenvalue weighted by Crippen LogP contribution is -2.19. The topological polar surface area (TPSA) is 59.3 Å². The van der Waals surface area contributed by atoms with E-state index >= 15 is 0 Å². The number of hydrogen-bond donors (Lipinski definition) is 1. The molecular weight excluding hydrogens is 496 g/mol. The zero-order chi connectivity index (χ0) is 20.2. The molecule has 0 aliphatic heterocycles. The van der Waals surface area contributed by atoms with Gasteiger partial charge >= 0.3 is 0 Å². The lowest BCUT2D eigenvalue weighted by molar-refractivity contribution is 0.0948. The zero-order valence-electron chi connectivity index (χ0n) is 15.2. The van der Waals surface area contributed by atoms with Crippen LogP contribution in [-0.4, -0.2) is 21.9 Å². The highest BCUT2D eigenvalue weighted by atomic mass is 79.9. The second-order valence-corrected chi connectivity index (χ2v) is 8.23. The third kappa shape index (κ3) is 4.81. The van der Waals surface area contributed by atoms with Crippen molar-refractivity contribution in [3.8, 4) is 0 Å². The van der Waals surface area contributed by atoms with Crippen molar-refractivity contribution in [3.63, 3.8) is 0 Å². The molecule has 0 saturated carbocycles. The standard InChI is InChI=1S/C22H16Br2N4O/c23-19-9-6-15(7-10-19)13-28-14-20(24)21(27-28)22(29)26-25-12-16-5-8-17-3-1-2-4-18(17)11-16/h1-12,14H,13H2,(H,26,29)/b25-12-. The van der Waals surface area contributed by atoms with Crippen LogP contribution in [0.3, 0.4) is 0 Å². The molecular formula is C22H16Br2N4O. The largest absolute Gasteiger partial charge is 0.293 e. The van der Waals surface area contributed by atoms with Crippen LogP contribution in [0, 0.1) is 0 Å². The van der Waals surface area contributed by atoms with Crippen molar-refractivity contribution in [2.24, 2.45) is 5.10 Å². The normalized spacial score (nSPS) is 11.2. The van der Waals surface area contributed by atoms with Gasteiger partial charge in [0, 0.05) is 10.7 Å². The van der Waals surface area contributed by atoms with Crippen molar-refractivity contribution in [3.05, 3.63) is 98.7 Å². The first-order valence-corrected chi connectivity index (χ1v) is 10.5. The molecule has 5 nitrogen and oxygen atoms in total. The van der Waals surface area contributed by atoms with Gasteiger partial charge in [0.15, 0.2) is 5.69 Å². The molecule has 4 rings (SSSR count). The number of benzene rings is 3. The molecule has 0 atom stereocenters. The summed E-state index contributed by atoms with van der Waals surface area (Å²) in [6, 6.07) is 22.1. The molecule has 0 aliphatic carbocycles. The summed E-state index contributed by atoms with van der Waals surface area (Å²) in [5.74, 6) is -0.372. The molecule has 144 valence electrons. The van der Waals surface area contributed by atoms with Crippen LogP contribution in [0.4, 0.5) is 0 Å². The maximum Gasteiger partial charge on any atom is 0.293 e. The summed E-state index contributed by atoms with van der Waals surface area (Å²) in [5, 5.41) is 10.7. The Kier molecular flexibility index (Phi) is 5.87. The van der Waals surface area contributed by atoms with Crippen LogP contribution in [0.2, 0.25) is 0 Å². The Bertz CT molecular complexity index is 1200. The van der Waals surface area contributed by atoms with E-state index < -0.39 is 0 Å². The van der Waals surface area contributed by atoms with E-state index in [4.69, 9.17) is 0 Å². The summed E-state index contributed by atoms with van der Waals surface area (Å²) >= 11 is 6.83. The first kappa shape index (κ1) is 19.5. The molecule has 0 fully saturated rings. The average molecular weight is 512 g/mol. The maximum absolute atomic E-state index is 12.4. The smallest absolute Gasteiger partial charge is 0.266 e. The Hall–Kier alpha value is -2.77. The molecule has 7 heteroatoms. The van der Waals surface area contributed by atoms with Gasteiger partial charge in [0.25, 0.3) is 5.91 Å². The minimum atomic E-state index is -0.372. The first-order chi connectivity index (χ1) is 14.1. The van der Waals surface area contributed by atoms with E-state index in [1.807, 2.05) is 60.7 Å². The fraction of sp³-hybridized carbons (Fsp3) is 0.0455. The van der Waals surface area contributed by atoms with Crippen LogP contribution in [0.5, 0.6) is 0 Å². The molecule has 1 aromatic heterocycles. The number of aromatic nitrogens is 2. The number of amides is 1. The Morgan fingerprint density at radius 2 is 1.79 bits per heavy atom. The highest BCUT2D eigenvalue weighted by molar-refractivity contribution is 9.10. The Labute approximate surface area is 184 Å². The number of hydrogen-bond acceptors (Lipinski definition) is 3. The number of nitrogens with one attached hydrogen (secondary N) is 1. The molecule has 0 unspecified atom stereocenters. The van der Waals surface area contributed by atoms with Crippen molar-refractivity contribution in [1.29, 1.82) is 0 Å². The van der Waals surface area contributed by atoms with E-state index in [0.29, 0.717) is 11.0 Å². The molecule has 3 aromatic carbocycles. The van der Waals surface area contributed by atoms with E-state index in [1.54, 1.807) is 17.1 Å². The number of nitrogens with zero attached hydrogens (tertiary/aromatic N) is 3. The summed E-state index contributed by atoms with van der Waals surface area (Å²) in [7, 11) is 0. The molecule has 0 radical (unpaired) electrons. The van der Waals surface area contributed by atoms with Gasteiger partial charge in [-0.3, -0.25) is 9.48 Å². The molecule has 4 aromatic rings.